The molecule has 0 spiro atoms. The van der Waals surface area contributed by atoms with Crippen molar-refractivity contribution in [2.24, 2.45) is 0 Å². The Morgan fingerprint density at radius 1 is 1.53 bits per heavy atom. The number of piperazine rings is 1. The highest BCUT2D eigenvalue weighted by Crippen LogP contribution is 2.24. The van der Waals surface area contributed by atoms with Gasteiger partial charge in [0.2, 0.25) is 0 Å². The zero-order chi connectivity index (χ0) is 11.5. The maximum Gasteiger partial charge on any atom is 0.0446 e. The van der Waals surface area contributed by atoms with E-state index in [9.17, 15) is 0 Å². The van der Waals surface area contributed by atoms with E-state index in [1.54, 1.807) is 0 Å². The molecule has 1 fully saturated rings. The van der Waals surface area contributed by atoms with Gasteiger partial charge in [-0.1, -0.05) is 6.08 Å². The number of likely N-dealkylation sites (N-methyl/N-ethyl adjacent to an activating group) is 1. The molecule has 0 aromatic carbocycles. The molecule has 3 nitrogen and oxygen atoms in total. The van der Waals surface area contributed by atoms with Gasteiger partial charge in [0, 0.05) is 37.8 Å². The first-order valence-electron chi connectivity index (χ1n) is 5.68. The van der Waals surface area contributed by atoms with Crippen LogP contribution in [0.15, 0.2) is 12.7 Å². The Morgan fingerprint density at radius 2 is 2.20 bits per heavy atom. The van der Waals surface area contributed by atoms with Gasteiger partial charge in [-0.2, -0.15) is 0 Å². The van der Waals surface area contributed by atoms with Crippen LogP contribution in [0.4, 0.5) is 0 Å². The highest BCUT2D eigenvalue weighted by atomic mass is 16.3. The number of hydrogen-bond acceptors (Lipinski definition) is 3. The van der Waals surface area contributed by atoms with Gasteiger partial charge in [-0.25, -0.2) is 0 Å². The highest BCUT2D eigenvalue weighted by molar-refractivity contribution is 4.95. The molecule has 0 saturated carbocycles. The average molecular weight is 212 g/mol. The Labute approximate surface area is 93.4 Å². The predicted octanol–water partition coefficient (Wildman–Crippen LogP) is 0.949. The van der Waals surface area contributed by atoms with Crippen LogP contribution in [0.1, 0.15) is 20.3 Å². The van der Waals surface area contributed by atoms with Gasteiger partial charge in [0.05, 0.1) is 0 Å². The summed E-state index contributed by atoms with van der Waals surface area (Å²) in [6.45, 7) is 11.6. The van der Waals surface area contributed by atoms with E-state index in [0.717, 1.165) is 26.1 Å². The van der Waals surface area contributed by atoms with Gasteiger partial charge in [-0.3, -0.25) is 4.90 Å². The zero-order valence-electron chi connectivity index (χ0n) is 10.2. The Kier molecular flexibility index (Phi) is 4.32. The van der Waals surface area contributed by atoms with E-state index in [4.69, 9.17) is 5.11 Å². The van der Waals surface area contributed by atoms with Crippen LogP contribution in [-0.2, 0) is 0 Å². The summed E-state index contributed by atoms with van der Waals surface area (Å²) >= 11 is 0. The SMILES string of the molecule is C=CCN1CC(CCO)N(C)CC1(C)C. The van der Waals surface area contributed by atoms with Crippen molar-refractivity contribution < 1.29 is 5.11 Å². The van der Waals surface area contributed by atoms with Crippen molar-refractivity contribution in [3.05, 3.63) is 12.7 Å². The summed E-state index contributed by atoms with van der Waals surface area (Å²) in [5.74, 6) is 0. The number of rotatable bonds is 4. The van der Waals surface area contributed by atoms with Crippen molar-refractivity contribution >= 4 is 0 Å². The van der Waals surface area contributed by atoms with Gasteiger partial charge in [0.1, 0.15) is 0 Å². The first kappa shape index (κ1) is 12.7. The van der Waals surface area contributed by atoms with E-state index in [2.05, 4.69) is 37.3 Å². The molecule has 15 heavy (non-hydrogen) atoms. The Balaban J connectivity index is 2.66. The third kappa shape index (κ3) is 3.03. The lowest BCUT2D eigenvalue weighted by Gasteiger charge is -2.49. The third-order valence-corrected chi connectivity index (χ3v) is 3.36. The quantitative estimate of drug-likeness (QED) is 0.703. The van der Waals surface area contributed by atoms with Crippen LogP contribution in [0, 0.1) is 0 Å². The zero-order valence-corrected chi connectivity index (χ0v) is 10.2. The molecule has 1 atom stereocenters. The Hall–Kier alpha value is -0.380. The summed E-state index contributed by atoms with van der Waals surface area (Å²) in [7, 11) is 2.15. The highest BCUT2D eigenvalue weighted by Gasteiger charge is 2.36. The molecule has 1 saturated heterocycles. The Bertz CT molecular complexity index is 216. The summed E-state index contributed by atoms with van der Waals surface area (Å²) in [5, 5.41) is 9.02. The largest absolute Gasteiger partial charge is 0.396 e. The first-order chi connectivity index (χ1) is 7.01. The molecule has 1 aliphatic heterocycles. The van der Waals surface area contributed by atoms with Crippen LogP contribution >= 0.6 is 0 Å². The molecule has 0 aromatic heterocycles. The number of hydrogen-bond donors (Lipinski definition) is 1. The summed E-state index contributed by atoms with van der Waals surface area (Å²) in [6, 6.07) is 0.475. The van der Waals surface area contributed by atoms with E-state index in [0.29, 0.717) is 6.04 Å². The molecule has 3 heteroatoms. The summed E-state index contributed by atoms with van der Waals surface area (Å²) in [5.41, 5.74) is 0.203. The second kappa shape index (κ2) is 5.10. The number of aliphatic hydroxyl groups is 1. The van der Waals surface area contributed by atoms with Crippen molar-refractivity contribution in [1.29, 1.82) is 0 Å². The minimum atomic E-state index is 0.203. The third-order valence-electron chi connectivity index (χ3n) is 3.36. The fourth-order valence-electron chi connectivity index (χ4n) is 2.42. The number of aliphatic hydroxyl groups excluding tert-OH is 1. The minimum absolute atomic E-state index is 0.203. The maximum atomic E-state index is 9.02. The molecule has 1 unspecified atom stereocenters. The fourth-order valence-corrected chi connectivity index (χ4v) is 2.42. The van der Waals surface area contributed by atoms with Gasteiger partial charge >= 0.3 is 0 Å². The molecule has 0 aromatic rings. The van der Waals surface area contributed by atoms with Crippen molar-refractivity contribution in [3.8, 4) is 0 Å². The average Bonchev–Trinajstić information content (AvgIpc) is 2.13. The van der Waals surface area contributed by atoms with E-state index < -0.39 is 0 Å². The molecule has 1 aliphatic rings. The second-order valence-electron chi connectivity index (χ2n) is 5.09. The standard InChI is InChI=1S/C12H24N2O/c1-5-7-14-9-11(6-8-15)13(4)10-12(14,2)3/h5,11,15H,1,6-10H2,2-4H3. The van der Waals surface area contributed by atoms with Gasteiger partial charge in [0.25, 0.3) is 0 Å². The summed E-state index contributed by atoms with van der Waals surface area (Å²) in [6.07, 6.45) is 2.82. The molecular weight excluding hydrogens is 188 g/mol. The van der Waals surface area contributed by atoms with Crippen molar-refractivity contribution in [2.75, 3.05) is 33.3 Å². The summed E-state index contributed by atoms with van der Waals surface area (Å²) in [4.78, 5) is 4.80. The normalized spacial score (nSPS) is 27.9. The summed E-state index contributed by atoms with van der Waals surface area (Å²) < 4.78 is 0. The minimum Gasteiger partial charge on any atom is -0.396 e. The molecule has 1 rings (SSSR count). The van der Waals surface area contributed by atoms with Crippen LogP contribution < -0.4 is 0 Å². The van der Waals surface area contributed by atoms with E-state index in [-0.39, 0.29) is 12.1 Å². The lowest BCUT2D eigenvalue weighted by molar-refractivity contribution is -0.00434. The van der Waals surface area contributed by atoms with Gasteiger partial charge in [0.15, 0.2) is 0 Å². The lowest BCUT2D eigenvalue weighted by Crippen LogP contribution is -2.62. The van der Waals surface area contributed by atoms with Crippen molar-refractivity contribution in [3.63, 3.8) is 0 Å². The number of nitrogens with zero attached hydrogens (tertiary/aromatic N) is 2. The molecule has 0 radical (unpaired) electrons. The topological polar surface area (TPSA) is 26.7 Å². The van der Waals surface area contributed by atoms with Crippen LogP contribution in [0.2, 0.25) is 0 Å². The molecule has 0 aliphatic carbocycles. The lowest BCUT2D eigenvalue weighted by atomic mass is 9.95. The van der Waals surface area contributed by atoms with Crippen LogP contribution in [0.25, 0.3) is 0 Å². The van der Waals surface area contributed by atoms with Crippen LogP contribution in [0.3, 0.4) is 0 Å². The van der Waals surface area contributed by atoms with Gasteiger partial charge < -0.3 is 10.0 Å². The molecule has 1 heterocycles. The molecule has 88 valence electrons. The Morgan fingerprint density at radius 3 is 2.73 bits per heavy atom. The van der Waals surface area contributed by atoms with Crippen molar-refractivity contribution in [2.45, 2.75) is 31.8 Å². The monoisotopic (exact) mass is 212 g/mol. The van der Waals surface area contributed by atoms with E-state index in [1.165, 1.54) is 0 Å². The van der Waals surface area contributed by atoms with Crippen LogP contribution in [-0.4, -0.2) is 59.8 Å². The second-order valence-corrected chi connectivity index (χ2v) is 5.09. The fraction of sp³-hybridized carbons (Fsp3) is 0.833. The van der Waals surface area contributed by atoms with E-state index >= 15 is 0 Å². The first-order valence-corrected chi connectivity index (χ1v) is 5.68. The van der Waals surface area contributed by atoms with Crippen molar-refractivity contribution in [1.82, 2.24) is 9.80 Å². The van der Waals surface area contributed by atoms with E-state index in [1.807, 2.05) is 6.08 Å². The maximum absolute atomic E-state index is 9.02. The molecule has 1 N–H and O–H groups in total. The molecule has 0 bridgehead atoms. The smallest absolute Gasteiger partial charge is 0.0446 e. The van der Waals surface area contributed by atoms with Gasteiger partial charge in [-0.15, -0.1) is 6.58 Å². The van der Waals surface area contributed by atoms with Crippen LogP contribution in [0.5, 0.6) is 0 Å². The van der Waals surface area contributed by atoms with Gasteiger partial charge in [-0.05, 0) is 27.3 Å². The molecule has 0 amide bonds. The molecular formula is C12H24N2O. The predicted molar refractivity (Wildman–Crippen MR) is 64.0 cm³/mol.